The Morgan fingerprint density at radius 3 is 2.88 bits per heavy atom. The van der Waals surface area contributed by atoms with Crippen molar-refractivity contribution in [2.75, 3.05) is 13.6 Å². The lowest BCUT2D eigenvalue weighted by atomic mass is 10.0. The van der Waals surface area contributed by atoms with Crippen LogP contribution in [0.4, 0.5) is 13.2 Å². The highest BCUT2D eigenvalue weighted by atomic mass is 19.4. The number of carbonyl (C=O) groups is 1. The third-order valence-corrected chi connectivity index (χ3v) is 4.75. The molecule has 1 saturated carbocycles. The Bertz CT molecular complexity index is 621. The average Bonchev–Trinajstić information content (AvgIpc) is 3.01. The largest absolute Gasteiger partial charge is 0.573 e. The molecular weight excluding hydrogens is 323 g/mol. The van der Waals surface area contributed by atoms with Gasteiger partial charge in [-0.05, 0) is 37.9 Å². The van der Waals surface area contributed by atoms with Crippen LogP contribution in [0.3, 0.4) is 0 Å². The third-order valence-electron chi connectivity index (χ3n) is 4.75. The minimum absolute atomic E-state index is 0.00781. The van der Waals surface area contributed by atoms with Crippen LogP contribution in [0.25, 0.3) is 0 Å². The summed E-state index contributed by atoms with van der Waals surface area (Å²) >= 11 is 0. The van der Waals surface area contributed by atoms with E-state index >= 15 is 0 Å². The van der Waals surface area contributed by atoms with Crippen LogP contribution >= 0.6 is 0 Å². The molecule has 5 nitrogen and oxygen atoms in total. The number of aromatic nitrogens is 1. The Balaban J connectivity index is 1.69. The molecule has 1 aliphatic heterocycles. The second-order valence-corrected chi connectivity index (χ2v) is 6.33. The number of hydrogen-bond acceptors (Lipinski definition) is 4. The highest BCUT2D eigenvalue weighted by Crippen LogP contribution is 2.30. The summed E-state index contributed by atoms with van der Waals surface area (Å²) in [5.74, 6) is -0.265. The van der Waals surface area contributed by atoms with E-state index in [2.05, 4.69) is 15.0 Å². The number of nitrogens with one attached hydrogen (secondary N) is 1. The van der Waals surface area contributed by atoms with Gasteiger partial charge < -0.3 is 15.0 Å². The molecule has 8 heteroatoms. The van der Waals surface area contributed by atoms with Gasteiger partial charge in [-0.15, -0.1) is 13.2 Å². The first kappa shape index (κ1) is 17.0. The fraction of sp³-hybridized carbons (Fsp3) is 0.625. The number of alkyl halides is 3. The first-order chi connectivity index (χ1) is 11.4. The molecule has 132 valence electrons. The Morgan fingerprint density at radius 2 is 2.21 bits per heavy atom. The molecular formula is C16H20F3N3O2. The molecule has 2 aliphatic rings. The summed E-state index contributed by atoms with van der Waals surface area (Å²) in [5.41, 5.74) is 1.35. The van der Waals surface area contributed by atoms with Crippen molar-refractivity contribution in [2.24, 2.45) is 5.92 Å². The predicted molar refractivity (Wildman–Crippen MR) is 80.2 cm³/mol. The van der Waals surface area contributed by atoms with Crippen LogP contribution < -0.4 is 10.1 Å². The van der Waals surface area contributed by atoms with E-state index in [-0.39, 0.29) is 24.1 Å². The molecule has 2 atom stereocenters. The normalized spacial score (nSPS) is 23.9. The molecule has 3 rings (SSSR count). The Hall–Kier alpha value is -1.83. The predicted octanol–water partition coefficient (Wildman–Crippen LogP) is 2.25. The van der Waals surface area contributed by atoms with Gasteiger partial charge in [0, 0.05) is 37.2 Å². The zero-order chi connectivity index (χ0) is 17.3. The smallest absolute Gasteiger partial charge is 0.404 e. The number of fused-ring (bicyclic) bond motifs is 1. The summed E-state index contributed by atoms with van der Waals surface area (Å²) in [6.07, 6.45) is -0.472. The van der Waals surface area contributed by atoms with E-state index in [1.165, 1.54) is 6.07 Å². The van der Waals surface area contributed by atoms with Crippen molar-refractivity contribution in [3.8, 4) is 5.75 Å². The molecule has 2 unspecified atom stereocenters. The minimum atomic E-state index is -4.74. The molecule has 1 fully saturated rings. The first-order valence-electron chi connectivity index (χ1n) is 8.05. The average molecular weight is 343 g/mol. The summed E-state index contributed by atoms with van der Waals surface area (Å²) in [4.78, 5) is 18.4. The first-order valence-corrected chi connectivity index (χ1v) is 8.05. The van der Waals surface area contributed by atoms with Crippen LogP contribution in [0.5, 0.6) is 5.75 Å². The maximum atomic E-state index is 12.7. The van der Waals surface area contributed by atoms with Crippen LogP contribution in [-0.4, -0.2) is 41.8 Å². The summed E-state index contributed by atoms with van der Waals surface area (Å²) in [6, 6.07) is 1.70. The number of nitrogens with zero attached hydrogens (tertiary/aromatic N) is 2. The van der Waals surface area contributed by atoms with Crippen molar-refractivity contribution >= 4 is 5.91 Å². The lowest BCUT2D eigenvalue weighted by Gasteiger charge is -2.30. The van der Waals surface area contributed by atoms with E-state index in [9.17, 15) is 18.0 Å². The minimum Gasteiger partial charge on any atom is -0.404 e. The summed E-state index contributed by atoms with van der Waals surface area (Å²) in [7, 11) is 1.89. The molecule has 0 aromatic carbocycles. The zero-order valence-corrected chi connectivity index (χ0v) is 13.4. The van der Waals surface area contributed by atoms with Crippen LogP contribution in [0.15, 0.2) is 12.3 Å². The van der Waals surface area contributed by atoms with Crippen LogP contribution in [0.1, 0.15) is 30.5 Å². The third kappa shape index (κ3) is 3.80. The molecule has 0 radical (unpaired) electrons. The van der Waals surface area contributed by atoms with Crippen molar-refractivity contribution in [1.82, 2.24) is 15.2 Å². The number of hydrogen-bond donors (Lipinski definition) is 1. The van der Waals surface area contributed by atoms with Gasteiger partial charge in [-0.1, -0.05) is 0 Å². The van der Waals surface area contributed by atoms with E-state index in [0.717, 1.165) is 31.2 Å². The van der Waals surface area contributed by atoms with E-state index in [1.54, 1.807) is 4.90 Å². The van der Waals surface area contributed by atoms with Crippen LogP contribution in [0.2, 0.25) is 0 Å². The molecule has 2 heterocycles. The monoisotopic (exact) mass is 343 g/mol. The van der Waals surface area contributed by atoms with Gasteiger partial charge >= 0.3 is 6.36 Å². The van der Waals surface area contributed by atoms with Crippen molar-refractivity contribution in [1.29, 1.82) is 0 Å². The number of carbonyl (C=O) groups excluding carboxylic acids is 1. The number of amides is 1. The van der Waals surface area contributed by atoms with Gasteiger partial charge in [-0.3, -0.25) is 9.78 Å². The van der Waals surface area contributed by atoms with Crippen molar-refractivity contribution in [2.45, 2.75) is 44.6 Å². The van der Waals surface area contributed by atoms with Crippen molar-refractivity contribution < 1.29 is 22.7 Å². The van der Waals surface area contributed by atoms with E-state index in [1.807, 2.05) is 7.05 Å². The van der Waals surface area contributed by atoms with Gasteiger partial charge in [0.2, 0.25) is 5.91 Å². The molecule has 0 bridgehead atoms. The molecule has 0 spiro atoms. The standard InChI is InChI=1S/C16H20F3N3O2/c1-20-12-3-2-10(6-12)15(23)22-5-4-14-11(9-22)7-13(8-21-14)24-16(17,18)19/h7-8,10,12,20H,2-6,9H2,1H3. The summed E-state index contributed by atoms with van der Waals surface area (Å²) in [6.45, 7) is 0.843. The Labute approximate surface area is 138 Å². The molecule has 1 N–H and O–H groups in total. The van der Waals surface area contributed by atoms with Gasteiger partial charge in [0.25, 0.3) is 0 Å². The quantitative estimate of drug-likeness (QED) is 0.915. The second-order valence-electron chi connectivity index (χ2n) is 6.33. The fourth-order valence-corrected chi connectivity index (χ4v) is 3.51. The maximum Gasteiger partial charge on any atom is 0.573 e. The lowest BCUT2D eigenvalue weighted by Crippen LogP contribution is -2.40. The Morgan fingerprint density at radius 1 is 1.42 bits per heavy atom. The fourth-order valence-electron chi connectivity index (χ4n) is 3.51. The number of pyridine rings is 1. The Kier molecular flexibility index (Phi) is 4.67. The molecule has 1 aliphatic carbocycles. The van der Waals surface area contributed by atoms with Gasteiger partial charge in [-0.2, -0.15) is 0 Å². The van der Waals surface area contributed by atoms with Gasteiger partial charge in [-0.25, -0.2) is 0 Å². The van der Waals surface area contributed by atoms with Gasteiger partial charge in [0.15, 0.2) is 0 Å². The number of ether oxygens (including phenoxy) is 1. The second kappa shape index (κ2) is 6.58. The summed E-state index contributed by atoms with van der Waals surface area (Å²) in [5, 5.41) is 3.19. The molecule has 0 saturated heterocycles. The lowest BCUT2D eigenvalue weighted by molar-refractivity contribution is -0.274. The summed E-state index contributed by atoms with van der Waals surface area (Å²) < 4.78 is 40.9. The SMILES string of the molecule is CNC1CCC(C(=O)N2CCc3ncc(OC(F)(F)F)cc3C2)C1. The molecule has 1 amide bonds. The van der Waals surface area contributed by atoms with Crippen LogP contribution in [0, 0.1) is 5.92 Å². The van der Waals surface area contributed by atoms with Gasteiger partial charge in [0.1, 0.15) is 5.75 Å². The van der Waals surface area contributed by atoms with E-state index in [0.29, 0.717) is 24.6 Å². The molecule has 1 aromatic rings. The topological polar surface area (TPSA) is 54.5 Å². The van der Waals surface area contributed by atoms with Crippen LogP contribution in [-0.2, 0) is 17.8 Å². The maximum absolute atomic E-state index is 12.7. The van der Waals surface area contributed by atoms with Crippen molar-refractivity contribution in [3.63, 3.8) is 0 Å². The highest BCUT2D eigenvalue weighted by molar-refractivity contribution is 5.79. The number of rotatable bonds is 3. The molecule has 1 aromatic heterocycles. The van der Waals surface area contributed by atoms with Crippen molar-refractivity contribution in [3.05, 3.63) is 23.5 Å². The zero-order valence-electron chi connectivity index (χ0n) is 13.4. The highest BCUT2D eigenvalue weighted by Gasteiger charge is 2.34. The molecule has 24 heavy (non-hydrogen) atoms. The van der Waals surface area contributed by atoms with E-state index < -0.39 is 6.36 Å². The van der Waals surface area contributed by atoms with Gasteiger partial charge in [0.05, 0.1) is 6.20 Å². The van der Waals surface area contributed by atoms with E-state index in [4.69, 9.17) is 0 Å². The number of halogens is 3.